The van der Waals surface area contributed by atoms with Gasteiger partial charge in [0, 0.05) is 23.4 Å². The molecule has 8 nitrogen and oxygen atoms in total. The van der Waals surface area contributed by atoms with E-state index in [-0.39, 0.29) is 12.3 Å². The summed E-state index contributed by atoms with van der Waals surface area (Å²) in [4.78, 5) is 10.2. The summed E-state index contributed by atoms with van der Waals surface area (Å²) in [7, 11) is 0. The van der Waals surface area contributed by atoms with Gasteiger partial charge in [0.1, 0.15) is 24.7 Å². The smallest absolute Gasteiger partial charge is 0.269 e. The van der Waals surface area contributed by atoms with E-state index in [1.54, 1.807) is 18.3 Å². The van der Waals surface area contributed by atoms with Crippen LogP contribution in [0.15, 0.2) is 84.0 Å². The maximum absolute atomic E-state index is 10.7. The molecule has 0 amide bonds. The van der Waals surface area contributed by atoms with E-state index in [9.17, 15) is 10.1 Å². The van der Waals surface area contributed by atoms with Crippen LogP contribution in [0.5, 0.6) is 11.5 Å². The number of nitro benzene ring substituents is 1. The summed E-state index contributed by atoms with van der Waals surface area (Å²) in [5.41, 5.74) is 4.43. The van der Waals surface area contributed by atoms with E-state index in [4.69, 9.17) is 21.7 Å². The molecule has 31 heavy (non-hydrogen) atoms. The molecule has 0 fully saturated rings. The molecule has 0 bridgehead atoms. The quantitative estimate of drug-likeness (QED) is 0.169. The van der Waals surface area contributed by atoms with E-state index in [1.165, 1.54) is 12.1 Å². The minimum Gasteiger partial charge on any atom is -0.490 e. The van der Waals surface area contributed by atoms with Gasteiger partial charge in [0.2, 0.25) is 0 Å². The lowest BCUT2D eigenvalue weighted by Crippen LogP contribution is -2.23. The molecule has 2 N–H and O–H groups in total. The lowest BCUT2D eigenvalue weighted by atomic mass is 10.2. The van der Waals surface area contributed by atoms with E-state index in [2.05, 4.69) is 15.8 Å². The van der Waals surface area contributed by atoms with Crippen molar-refractivity contribution in [2.75, 3.05) is 18.5 Å². The van der Waals surface area contributed by atoms with Crippen molar-refractivity contribution in [1.29, 1.82) is 0 Å². The number of para-hydroxylation sites is 2. The lowest BCUT2D eigenvalue weighted by Gasteiger charge is -2.10. The summed E-state index contributed by atoms with van der Waals surface area (Å²) >= 11 is 5.22. The molecule has 0 radical (unpaired) electrons. The van der Waals surface area contributed by atoms with E-state index in [1.807, 2.05) is 54.6 Å². The van der Waals surface area contributed by atoms with Crippen LogP contribution in [-0.2, 0) is 0 Å². The molecule has 3 rings (SSSR count). The second kappa shape index (κ2) is 11.3. The molecule has 0 unspecified atom stereocenters. The molecule has 3 aromatic carbocycles. The number of nitrogens with one attached hydrogen (secondary N) is 2. The third-order valence-corrected chi connectivity index (χ3v) is 4.17. The number of benzene rings is 3. The standard InChI is InChI=1S/C22H20N4O4S/c27-26(28)19-10-12-20(13-11-19)29-14-15-30-21-9-5-4-6-17(21)16-23-25-22(31)24-18-7-2-1-3-8-18/h1-13,16H,14-15H2,(H2,24,25,31). The highest BCUT2D eigenvalue weighted by atomic mass is 32.1. The summed E-state index contributed by atoms with van der Waals surface area (Å²) in [5.74, 6) is 1.18. The zero-order valence-corrected chi connectivity index (χ0v) is 17.2. The van der Waals surface area contributed by atoms with Gasteiger partial charge in [-0.3, -0.25) is 15.5 Å². The number of rotatable bonds is 9. The first kappa shape index (κ1) is 21.7. The van der Waals surface area contributed by atoms with E-state index >= 15 is 0 Å². The van der Waals surface area contributed by atoms with Gasteiger partial charge in [-0.15, -0.1) is 0 Å². The largest absolute Gasteiger partial charge is 0.490 e. The zero-order valence-electron chi connectivity index (χ0n) is 16.4. The monoisotopic (exact) mass is 436 g/mol. The number of nitrogens with zero attached hydrogens (tertiary/aromatic N) is 2. The van der Waals surface area contributed by atoms with Crippen molar-refractivity contribution in [3.05, 3.63) is 94.5 Å². The van der Waals surface area contributed by atoms with Gasteiger partial charge in [-0.2, -0.15) is 5.10 Å². The van der Waals surface area contributed by atoms with Gasteiger partial charge in [-0.1, -0.05) is 30.3 Å². The normalized spacial score (nSPS) is 10.5. The van der Waals surface area contributed by atoms with Crippen molar-refractivity contribution >= 4 is 34.9 Å². The Bertz CT molecular complexity index is 1040. The molecule has 158 valence electrons. The fourth-order valence-corrected chi connectivity index (χ4v) is 2.71. The Morgan fingerprint density at radius 1 is 0.968 bits per heavy atom. The first-order valence-corrected chi connectivity index (χ1v) is 9.77. The van der Waals surface area contributed by atoms with Gasteiger partial charge in [-0.05, 0) is 48.6 Å². The predicted molar refractivity (Wildman–Crippen MR) is 124 cm³/mol. The summed E-state index contributed by atoms with van der Waals surface area (Å²) in [6, 6.07) is 22.9. The van der Waals surface area contributed by atoms with Crippen molar-refractivity contribution < 1.29 is 14.4 Å². The van der Waals surface area contributed by atoms with Crippen LogP contribution in [0, 0.1) is 10.1 Å². The topological polar surface area (TPSA) is 98.0 Å². The van der Waals surface area contributed by atoms with Gasteiger partial charge in [-0.25, -0.2) is 0 Å². The first-order valence-electron chi connectivity index (χ1n) is 9.36. The maximum Gasteiger partial charge on any atom is 0.269 e. The van der Waals surface area contributed by atoms with Gasteiger partial charge in [0.15, 0.2) is 5.11 Å². The molecule has 0 aliphatic carbocycles. The third kappa shape index (κ3) is 7.09. The molecular weight excluding hydrogens is 416 g/mol. The van der Waals surface area contributed by atoms with Crippen LogP contribution < -0.4 is 20.2 Å². The molecule has 0 saturated carbocycles. The third-order valence-electron chi connectivity index (χ3n) is 3.98. The molecule has 0 aliphatic rings. The molecule has 0 heterocycles. The molecule has 0 spiro atoms. The fourth-order valence-electron chi connectivity index (χ4n) is 2.53. The van der Waals surface area contributed by atoms with Crippen LogP contribution in [0.4, 0.5) is 11.4 Å². The van der Waals surface area contributed by atoms with Crippen molar-refractivity contribution in [3.63, 3.8) is 0 Å². The predicted octanol–water partition coefficient (Wildman–Crippen LogP) is 4.37. The SMILES string of the molecule is O=[N+]([O-])c1ccc(OCCOc2ccccc2C=NNC(=S)Nc2ccccc2)cc1. The average molecular weight is 436 g/mol. The van der Waals surface area contributed by atoms with E-state index in [0.717, 1.165) is 11.3 Å². The molecular formula is C22H20N4O4S. The first-order chi connectivity index (χ1) is 15.1. The van der Waals surface area contributed by atoms with Gasteiger partial charge in [0.25, 0.3) is 5.69 Å². The van der Waals surface area contributed by atoms with E-state index in [0.29, 0.717) is 23.2 Å². The Morgan fingerprint density at radius 3 is 2.39 bits per heavy atom. The molecule has 3 aromatic rings. The van der Waals surface area contributed by atoms with Gasteiger partial charge in [0.05, 0.1) is 11.1 Å². The Labute approximate surface area is 184 Å². The van der Waals surface area contributed by atoms with Crippen molar-refractivity contribution in [2.45, 2.75) is 0 Å². The second-order valence-electron chi connectivity index (χ2n) is 6.18. The average Bonchev–Trinajstić information content (AvgIpc) is 2.78. The highest BCUT2D eigenvalue weighted by molar-refractivity contribution is 7.80. The number of hydrazone groups is 1. The highest BCUT2D eigenvalue weighted by Crippen LogP contribution is 2.18. The Kier molecular flexibility index (Phi) is 7.90. The zero-order chi connectivity index (χ0) is 21.9. The minimum atomic E-state index is -0.454. The summed E-state index contributed by atoms with van der Waals surface area (Å²) < 4.78 is 11.3. The fraction of sp³-hybridized carbons (Fsp3) is 0.0909. The lowest BCUT2D eigenvalue weighted by molar-refractivity contribution is -0.384. The van der Waals surface area contributed by atoms with Crippen LogP contribution in [0.1, 0.15) is 5.56 Å². The Morgan fingerprint density at radius 2 is 1.65 bits per heavy atom. The molecule has 9 heteroatoms. The van der Waals surface area contributed by atoms with Gasteiger partial charge >= 0.3 is 0 Å². The number of anilines is 1. The number of non-ortho nitro benzene ring substituents is 1. The van der Waals surface area contributed by atoms with E-state index < -0.39 is 4.92 Å². The molecule has 0 aliphatic heterocycles. The van der Waals surface area contributed by atoms with Crippen LogP contribution >= 0.6 is 12.2 Å². The molecule has 0 saturated heterocycles. The van der Waals surface area contributed by atoms with Crippen molar-refractivity contribution in [3.8, 4) is 11.5 Å². The molecule has 0 atom stereocenters. The second-order valence-corrected chi connectivity index (χ2v) is 6.58. The van der Waals surface area contributed by atoms with Crippen LogP contribution in [0.25, 0.3) is 0 Å². The van der Waals surface area contributed by atoms with Crippen molar-refractivity contribution in [1.82, 2.24) is 5.43 Å². The number of thiocarbonyl (C=S) groups is 1. The number of hydrogen-bond acceptors (Lipinski definition) is 6. The molecule has 0 aromatic heterocycles. The van der Waals surface area contributed by atoms with Crippen LogP contribution in [0.2, 0.25) is 0 Å². The van der Waals surface area contributed by atoms with Crippen LogP contribution in [-0.4, -0.2) is 29.5 Å². The summed E-state index contributed by atoms with van der Waals surface area (Å²) in [6.45, 7) is 0.579. The number of ether oxygens (including phenoxy) is 2. The summed E-state index contributed by atoms with van der Waals surface area (Å²) in [5, 5.41) is 18.2. The van der Waals surface area contributed by atoms with Gasteiger partial charge < -0.3 is 14.8 Å². The van der Waals surface area contributed by atoms with Crippen LogP contribution in [0.3, 0.4) is 0 Å². The van der Waals surface area contributed by atoms with Crippen molar-refractivity contribution in [2.24, 2.45) is 5.10 Å². The maximum atomic E-state index is 10.7. The minimum absolute atomic E-state index is 0.0175. The number of hydrogen-bond donors (Lipinski definition) is 2. The Hall–Kier alpha value is -3.98. The highest BCUT2D eigenvalue weighted by Gasteiger charge is 2.05. The Balaban J connectivity index is 1.46. The summed E-state index contributed by atoms with van der Waals surface area (Å²) in [6.07, 6.45) is 1.62. The number of nitro groups is 1.